The normalized spacial score (nSPS) is 22.4. The van der Waals surface area contributed by atoms with Gasteiger partial charge in [-0.25, -0.2) is 9.78 Å². The molecule has 0 saturated heterocycles. The van der Waals surface area contributed by atoms with Gasteiger partial charge in [0.1, 0.15) is 5.75 Å². The monoisotopic (exact) mass is 484 g/mol. The minimum atomic E-state index is -0.490. The molecule has 2 N–H and O–H groups in total. The number of aromatic nitrogens is 1. The van der Waals surface area contributed by atoms with Gasteiger partial charge in [0.25, 0.3) is 5.91 Å². The van der Waals surface area contributed by atoms with E-state index in [0.29, 0.717) is 23.8 Å². The average Bonchev–Trinajstić information content (AvgIpc) is 3.27. The highest BCUT2D eigenvalue weighted by Crippen LogP contribution is 2.38. The molecule has 2 aromatic carbocycles. The first-order valence-electron chi connectivity index (χ1n) is 12.8. The molecule has 36 heavy (non-hydrogen) atoms. The van der Waals surface area contributed by atoms with Gasteiger partial charge in [0.2, 0.25) is 0 Å². The Morgan fingerprint density at radius 2 is 1.86 bits per heavy atom. The van der Waals surface area contributed by atoms with E-state index in [-0.39, 0.29) is 24.3 Å². The standard InChI is InChI=1S/C30H32N2O4/c1-18-6-5-9-25(19(18)2)31-27(34)17-36-30(35)28-23-7-3-4-8-26(23)32-29-21(12-15-24(28)29)16-20-10-13-22(33)14-11-20/h3-4,7-8,10-11,13-14,16,18-19,25,33H,5-6,9,12,15,17H2,1-2H3,(H,31,34). The summed E-state index contributed by atoms with van der Waals surface area (Å²) in [5.74, 6) is 0.452. The summed E-state index contributed by atoms with van der Waals surface area (Å²) >= 11 is 0. The Morgan fingerprint density at radius 1 is 1.08 bits per heavy atom. The van der Waals surface area contributed by atoms with E-state index in [1.54, 1.807) is 12.1 Å². The first-order chi connectivity index (χ1) is 17.4. The maximum Gasteiger partial charge on any atom is 0.339 e. The number of esters is 1. The van der Waals surface area contributed by atoms with Crippen LogP contribution in [0.4, 0.5) is 0 Å². The second-order valence-corrected chi connectivity index (χ2v) is 10.1. The lowest BCUT2D eigenvalue weighted by atomic mass is 9.78. The second kappa shape index (κ2) is 10.1. The Bertz CT molecular complexity index is 1330. The fraction of sp³-hybridized carbons (Fsp3) is 0.367. The van der Waals surface area contributed by atoms with Gasteiger partial charge in [-0.05, 0) is 72.1 Å². The highest BCUT2D eigenvalue weighted by molar-refractivity contribution is 6.07. The Morgan fingerprint density at radius 3 is 2.67 bits per heavy atom. The number of hydrogen-bond acceptors (Lipinski definition) is 5. The highest BCUT2D eigenvalue weighted by atomic mass is 16.5. The van der Waals surface area contributed by atoms with Crippen molar-refractivity contribution in [2.24, 2.45) is 11.8 Å². The van der Waals surface area contributed by atoms with Crippen LogP contribution in [-0.2, 0) is 16.0 Å². The fourth-order valence-electron chi connectivity index (χ4n) is 5.52. The van der Waals surface area contributed by atoms with E-state index in [1.165, 1.54) is 6.42 Å². The molecule has 0 radical (unpaired) electrons. The van der Waals surface area contributed by atoms with E-state index in [1.807, 2.05) is 42.5 Å². The number of carbonyl (C=O) groups excluding carboxylic acids is 2. The molecule has 3 aromatic rings. The number of carbonyl (C=O) groups is 2. The Kier molecular flexibility index (Phi) is 6.77. The van der Waals surface area contributed by atoms with Gasteiger partial charge >= 0.3 is 5.97 Å². The van der Waals surface area contributed by atoms with Gasteiger partial charge in [-0.15, -0.1) is 0 Å². The molecule has 6 nitrogen and oxygen atoms in total. The number of nitrogens with one attached hydrogen (secondary N) is 1. The predicted octanol–water partition coefficient (Wildman–Crippen LogP) is 5.52. The average molecular weight is 485 g/mol. The third kappa shape index (κ3) is 4.85. The Hall–Kier alpha value is -3.67. The van der Waals surface area contributed by atoms with Crippen LogP contribution in [0.1, 0.15) is 66.7 Å². The highest BCUT2D eigenvalue weighted by Gasteiger charge is 2.30. The first-order valence-corrected chi connectivity index (χ1v) is 12.8. The minimum Gasteiger partial charge on any atom is -0.508 e. The fourth-order valence-corrected chi connectivity index (χ4v) is 5.52. The van der Waals surface area contributed by atoms with Crippen LogP contribution < -0.4 is 5.32 Å². The van der Waals surface area contributed by atoms with E-state index in [2.05, 4.69) is 19.2 Å². The minimum absolute atomic E-state index is 0.124. The smallest absolute Gasteiger partial charge is 0.339 e. The number of nitrogens with zero attached hydrogens (tertiary/aromatic N) is 1. The van der Waals surface area contributed by atoms with Crippen LogP contribution in [0.5, 0.6) is 5.75 Å². The Labute approximate surface area is 211 Å². The number of benzene rings is 2. The van der Waals surface area contributed by atoms with Gasteiger partial charge in [-0.2, -0.15) is 0 Å². The molecule has 2 aliphatic carbocycles. The number of ether oxygens (including phenoxy) is 1. The summed E-state index contributed by atoms with van der Waals surface area (Å²) in [6.07, 6.45) is 6.71. The molecule has 5 rings (SSSR count). The number of pyridine rings is 1. The van der Waals surface area contributed by atoms with Crippen molar-refractivity contribution in [2.75, 3.05) is 6.61 Å². The molecular weight excluding hydrogens is 452 g/mol. The van der Waals surface area contributed by atoms with Crippen molar-refractivity contribution in [1.29, 1.82) is 0 Å². The summed E-state index contributed by atoms with van der Waals surface area (Å²) in [6.45, 7) is 4.11. The van der Waals surface area contributed by atoms with Gasteiger partial charge in [-0.1, -0.05) is 57.0 Å². The van der Waals surface area contributed by atoms with E-state index in [0.717, 1.165) is 52.6 Å². The van der Waals surface area contributed by atoms with Crippen LogP contribution >= 0.6 is 0 Å². The summed E-state index contributed by atoms with van der Waals surface area (Å²) in [5, 5.41) is 13.4. The SMILES string of the molecule is CC1CCCC(NC(=O)COC(=O)c2c3c(nc4ccccc24)C(=Cc2ccc(O)cc2)CC3)C1C. The van der Waals surface area contributed by atoms with E-state index in [9.17, 15) is 14.7 Å². The van der Waals surface area contributed by atoms with Crippen LogP contribution in [0.25, 0.3) is 22.6 Å². The second-order valence-electron chi connectivity index (χ2n) is 10.1. The van der Waals surface area contributed by atoms with Crippen molar-refractivity contribution in [1.82, 2.24) is 10.3 Å². The van der Waals surface area contributed by atoms with Crippen molar-refractivity contribution >= 4 is 34.4 Å². The summed E-state index contributed by atoms with van der Waals surface area (Å²) in [7, 11) is 0. The van der Waals surface area contributed by atoms with Crippen LogP contribution in [0.2, 0.25) is 0 Å². The zero-order valence-electron chi connectivity index (χ0n) is 20.8. The van der Waals surface area contributed by atoms with Crippen molar-refractivity contribution in [3.05, 3.63) is 70.9 Å². The number of phenolic OH excluding ortho intramolecular Hbond substituents is 1. The molecule has 3 atom stereocenters. The maximum atomic E-state index is 13.4. The van der Waals surface area contributed by atoms with Gasteiger partial charge in [0.15, 0.2) is 6.61 Å². The molecule has 0 bridgehead atoms. The topological polar surface area (TPSA) is 88.5 Å². The zero-order valence-corrected chi connectivity index (χ0v) is 20.8. The molecule has 186 valence electrons. The van der Waals surface area contributed by atoms with E-state index >= 15 is 0 Å². The quantitative estimate of drug-likeness (QED) is 0.465. The molecule has 0 spiro atoms. The third-order valence-electron chi connectivity index (χ3n) is 7.77. The number of para-hydroxylation sites is 1. The number of fused-ring (bicyclic) bond motifs is 2. The summed E-state index contributed by atoms with van der Waals surface area (Å²) in [6, 6.07) is 14.7. The summed E-state index contributed by atoms with van der Waals surface area (Å²) < 4.78 is 5.57. The number of aromatic hydroxyl groups is 1. The number of hydrogen-bond donors (Lipinski definition) is 2. The summed E-state index contributed by atoms with van der Waals surface area (Å²) in [5.41, 5.74) is 4.86. The molecule has 1 fully saturated rings. The number of phenols is 1. The molecule has 1 amide bonds. The molecule has 3 unspecified atom stereocenters. The van der Waals surface area contributed by atoms with E-state index < -0.39 is 5.97 Å². The largest absolute Gasteiger partial charge is 0.508 e. The van der Waals surface area contributed by atoms with Crippen molar-refractivity contribution < 1.29 is 19.4 Å². The van der Waals surface area contributed by atoms with Crippen LogP contribution in [0, 0.1) is 11.8 Å². The van der Waals surface area contributed by atoms with Gasteiger partial charge < -0.3 is 15.2 Å². The van der Waals surface area contributed by atoms with Gasteiger partial charge in [-0.3, -0.25) is 4.79 Å². The molecule has 6 heteroatoms. The summed E-state index contributed by atoms with van der Waals surface area (Å²) in [4.78, 5) is 30.9. The Balaban J connectivity index is 1.39. The lowest BCUT2D eigenvalue weighted by Crippen LogP contribution is -2.45. The maximum absolute atomic E-state index is 13.4. The molecule has 1 heterocycles. The molecule has 0 aliphatic heterocycles. The van der Waals surface area contributed by atoms with Gasteiger partial charge in [0, 0.05) is 11.4 Å². The van der Waals surface area contributed by atoms with Crippen molar-refractivity contribution in [2.45, 2.75) is 52.0 Å². The van der Waals surface area contributed by atoms with E-state index in [4.69, 9.17) is 9.72 Å². The third-order valence-corrected chi connectivity index (χ3v) is 7.77. The van der Waals surface area contributed by atoms with Gasteiger partial charge in [0.05, 0.1) is 16.8 Å². The first kappa shape index (κ1) is 24.0. The number of allylic oxidation sites excluding steroid dienone is 1. The van der Waals surface area contributed by atoms with Crippen molar-refractivity contribution in [3.8, 4) is 5.75 Å². The molecular formula is C30H32N2O4. The van der Waals surface area contributed by atoms with Crippen LogP contribution in [-0.4, -0.2) is 34.6 Å². The lowest BCUT2D eigenvalue weighted by molar-refractivity contribution is -0.125. The molecule has 2 aliphatic rings. The molecule has 1 aromatic heterocycles. The van der Waals surface area contributed by atoms with Crippen LogP contribution in [0.3, 0.4) is 0 Å². The lowest BCUT2D eigenvalue weighted by Gasteiger charge is -2.34. The molecule has 1 saturated carbocycles. The van der Waals surface area contributed by atoms with Crippen molar-refractivity contribution in [3.63, 3.8) is 0 Å². The number of amides is 1. The number of rotatable bonds is 5. The van der Waals surface area contributed by atoms with Crippen LogP contribution in [0.15, 0.2) is 48.5 Å². The predicted molar refractivity (Wildman–Crippen MR) is 140 cm³/mol. The zero-order chi connectivity index (χ0) is 25.2.